The van der Waals surface area contributed by atoms with E-state index in [0.29, 0.717) is 0 Å². The zero-order chi connectivity index (χ0) is 10.1. The minimum atomic E-state index is 0. The predicted molar refractivity (Wildman–Crippen MR) is 79.5 cm³/mol. The molecule has 0 nitrogen and oxygen atoms in total. The summed E-state index contributed by atoms with van der Waals surface area (Å²) in [5.74, 6) is 0. The summed E-state index contributed by atoms with van der Waals surface area (Å²) in [5, 5.41) is 2.63. The van der Waals surface area contributed by atoms with Crippen molar-refractivity contribution in [1.29, 1.82) is 0 Å². The van der Waals surface area contributed by atoms with E-state index in [-0.39, 0.29) is 51.0 Å². The summed E-state index contributed by atoms with van der Waals surface area (Å²) in [6.07, 6.45) is 0. The topological polar surface area (TPSA) is 0 Å². The smallest absolute Gasteiger partial charge is 0 e. The molecule has 0 radical (unpaired) electrons. The van der Waals surface area contributed by atoms with E-state index in [1.165, 1.54) is 21.9 Å². The van der Waals surface area contributed by atoms with Crippen molar-refractivity contribution in [3.05, 3.63) is 66.7 Å². The molecule has 0 amide bonds. The van der Waals surface area contributed by atoms with Crippen LogP contribution in [0.15, 0.2) is 66.7 Å². The first-order valence-electron chi connectivity index (χ1n) is 5.14. The fraction of sp³-hybridized carbons (Fsp3) is 0. The molecule has 3 aromatic rings. The van der Waals surface area contributed by atoms with Crippen molar-refractivity contribution in [3.63, 3.8) is 0 Å². The van der Waals surface area contributed by atoms with E-state index in [2.05, 4.69) is 60.7 Å². The van der Waals surface area contributed by atoms with Gasteiger partial charge in [-0.05, 0) is 0 Å². The number of rotatable bonds is 1. The van der Waals surface area contributed by atoms with Crippen LogP contribution in [0.1, 0.15) is 0 Å². The Hall–Kier alpha value is -0.487. The van der Waals surface area contributed by atoms with Crippen LogP contribution in [0.25, 0.3) is 21.9 Å². The molecule has 0 unspecified atom stereocenters. The monoisotopic (exact) mass is 353 g/mol. The first-order chi connectivity index (χ1) is 7.43. The first kappa shape index (κ1) is 17.5. The van der Waals surface area contributed by atoms with Crippen molar-refractivity contribution in [3.8, 4) is 11.1 Å². The third-order valence-electron chi connectivity index (χ3n) is 2.73. The third kappa shape index (κ3) is 3.51. The van der Waals surface area contributed by atoms with E-state index in [9.17, 15) is 0 Å². The minimum Gasteiger partial charge on any atom is -0.147 e. The molecule has 0 saturated heterocycles. The fourth-order valence-electron chi connectivity index (χ4n) is 1.95. The second kappa shape index (κ2) is 7.84. The predicted octanol–water partition coefficient (Wildman–Crippen LogP) is 5.07. The van der Waals surface area contributed by atoms with Crippen LogP contribution in [-0.2, 0) is 26.2 Å². The molecule has 0 aliphatic heterocycles. The van der Waals surface area contributed by atoms with Crippen molar-refractivity contribution in [1.82, 2.24) is 0 Å². The largest absolute Gasteiger partial charge is 0.147 e. The molecule has 18 heavy (non-hydrogen) atoms. The normalized spacial score (nSPS) is 8.89. The second-order valence-electron chi connectivity index (χ2n) is 3.74. The molecule has 0 aliphatic carbocycles. The van der Waals surface area contributed by atoms with Gasteiger partial charge in [-0.15, -0.1) is 59.3 Å². The molecular formula is C15H13Cl2Zr-. The van der Waals surface area contributed by atoms with Gasteiger partial charge in [-0.1, -0.05) is 54.1 Å². The van der Waals surface area contributed by atoms with Crippen LogP contribution in [0.4, 0.5) is 0 Å². The van der Waals surface area contributed by atoms with Gasteiger partial charge >= 0.3 is 0 Å². The van der Waals surface area contributed by atoms with Crippen LogP contribution < -0.4 is 0 Å². The average molecular weight is 355 g/mol. The van der Waals surface area contributed by atoms with Gasteiger partial charge < -0.3 is 0 Å². The SMILES string of the molecule is Cl.Cl.[Zr].c1ccc(-c2cc3ccccc3[cH-]2)cc1. The molecule has 0 aromatic heterocycles. The van der Waals surface area contributed by atoms with E-state index in [4.69, 9.17) is 0 Å². The van der Waals surface area contributed by atoms with E-state index in [0.717, 1.165) is 0 Å². The maximum absolute atomic E-state index is 2.24. The van der Waals surface area contributed by atoms with E-state index in [1.807, 2.05) is 6.07 Å². The quantitative estimate of drug-likeness (QED) is 0.535. The molecule has 0 fully saturated rings. The van der Waals surface area contributed by atoms with Gasteiger partial charge in [0.1, 0.15) is 0 Å². The van der Waals surface area contributed by atoms with Crippen LogP contribution >= 0.6 is 24.8 Å². The molecule has 0 N–H and O–H groups in total. The van der Waals surface area contributed by atoms with E-state index in [1.54, 1.807) is 0 Å². The van der Waals surface area contributed by atoms with E-state index < -0.39 is 0 Å². The molecule has 0 bridgehead atoms. The standard InChI is InChI=1S/C15H11.2ClH.Zr/c1-2-6-12(7-3-1)15-10-13-8-4-5-9-14(13)11-15;;;/h1-11H;2*1H;/q-1;;;. The van der Waals surface area contributed by atoms with Gasteiger partial charge in [-0.25, -0.2) is 0 Å². The first-order valence-corrected chi connectivity index (χ1v) is 5.14. The summed E-state index contributed by atoms with van der Waals surface area (Å²) in [4.78, 5) is 0. The molecule has 0 atom stereocenters. The maximum atomic E-state index is 2.24. The number of hydrogen-bond donors (Lipinski definition) is 0. The second-order valence-corrected chi connectivity index (χ2v) is 3.74. The summed E-state index contributed by atoms with van der Waals surface area (Å²) in [6, 6.07) is 23.4. The molecular weight excluding hydrogens is 342 g/mol. The number of halogens is 2. The van der Waals surface area contributed by atoms with Gasteiger partial charge in [0.2, 0.25) is 0 Å². The van der Waals surface area contributed by atoms with Gasteiger partial charge in [-0.2, -0.15) is 0 Å². The molecule has 3 rings (SSSR count). The average Bonchev–Trinajstić information content (AvgIpc) is 2.74. The van der Waals surface area contributed by atoms with Gasteiger partial charge in [0.05, 0.1) is 0 Å². The van der Waals surface area contributed by atoms with Gasteiger partial charge in [0.15, 0.2) is 0 Å². The zero-order valence-corrected chi connectivity index (χ0v) is 13.8. The molecule has 0 heterocycles. The van der Waals surface area contributed by atoms with Crippen LogP contribution in [0.2, 0.25) is 0 Å². The number of hydrogen-bond acceptors (Lipinski definition) is 0. The third-order valence-corrected chi connectivity index (χ3v) is 2.73. The summed E-state index contributed by atoms with van der Waals surface area (Å²) in [7, 11) is 0. The summed E-state index contributed by atoms with van der Waals surface area (Å²) in [5.41, 5.74) is 2.59. The Morgan fingerprint density at radius 3 is 2.00 bits per heavy atom. The van der Waals surface area contributed by atoms with Crippen molar-refractivity contribution in [2.45, 2.75) is 0 Å². The molecule has 0 aliphatic rings. The Balaban J connectivity index is 0.000000963. The zero-order valence-electron chi connectivity index (χ0n) is 9.67. The molecule has 3 aromatic carbocycles. The number of fused-ring (bicyclic) bond motifs is 1. The van der Waals surface area contributed by atoms with Crippen molar-refractivity contribution >= 4 is 35.6 Å². The van der Waals surface area contributed by atoms with Gasteiger partial charge in [0, 0.05) is 26.2 Å². The summed E-state index contributed by atoms with van der Waals surface area (Å²) < 4.78 is 0. The van der Waals surface area contributed by atoms with E-state index >= 15 is 0 Å². The van der Waals surface area contributed by atoms with Crippen molar-refractivity contribution in [2.75, 3.05) is 0 Å². The Kier molecular flexibility index (Phi) is 7.63. The molecule has 3 heteroatoms. The molecule has 92 valence electrons. The maximum Gasteiger partial charge on any atom is 0 e. The summed E-state index contributed by atoms with van der Waals surface area (Å²) >= 11 is 0. The Morgan fingerprint density at radius 1 is 0.722 bits per heavy atom. The van der Waals surface area contributed by atoms with Gasteiger partial charge in [-0.3, -0.25) is 0 Å². The number of benzene rings is 2. The molecule has 0 spiro atoms. The van der Waals surface area contributed by atoms with Crippen LogP contribution in [0.3, 0.4) is 0 Å². The molecule has 0 saturated carbocycles. The van der Waals surface area contributed by atoms with Crippen LogP contribution in [0, 0.1) is 0 Å². The Bertz CT molecular complexity index is 555. The van der Waals surface area contributed by atoms with Gasteiger partial charge in [0.25, 0.3) is 0 Å². The van der Waals surface area contributed by atoms with Crippen molar-refractivity contribution < 1.29 is 26.2 Å². The van der Waals surface area contributed by atoms with Crippen LogP contribution in [-0.4, -0.2) is 0 Å². The van der Waals surface area contributed by atoms with Crippen molar-refractivity contribution in [2.24, 2.45) is 0 Å². The summed E-state index contributed by atoms with van der Waals surface area (Å²) in [6.45, 7) is 0. The van der Waals surface area contributed by atoms with Crippen LogP contribution in [0.5, 0.6) is 0 Å². The fourth-order valence-corrected chi connectivity index (χ4v) is 1.95. The Labute approximate surface area is 139 Å². The minimum absolute atomic E-state index is 0. The Morgan fingerprint density at radius 2 is 1.33 bits per heavy atom.